The van der Waals surface area contributed by atoms with Crippen LogP contribution in [0.4, 0.5) is 5.69 Å². The fraction of sp³-hybridized carbons (Fsp3) is 0.136. The van der Waals surface area contributed by atoms with Crippen molar-refractivity contribution in [2.45, 2.75) is 18.6 Å². The Morgan fingerprint density at radius 2 is 1.81 bits per heavy atom. The SMILES string of the molecule is Cc1occc1-c1nnc(SCC(=O)Nc2c(Cl)cccc2Cl)n1Cc1ccccc1. The maximum atomic E-state index is 12.5. The fourth-order valence-electron chi connectivity index (χ4n) is 3.04. The maximum Gasteiger partial charge on any atom is 0.234 e. The third kappa shape index (κ3) is 4.95. The molecule has 2 aromatic carbocycles. The smallest absolute Gasteiger partial charge is 0.234 e. The van der Waals surface area contributed by atoms with Crippen LogP contribution in [0.2, 0.25) is 10.0 Å². The van der Waals surface area contributed by atoms with Gasteiger partial charge in [-0.05, 0) is 30.7 Å². The number of carbonyl (C=O) groups is 1. The van der Waals surface area contributed by atoms with Crippen LogP contribution in [0.15, 0.2) is 70.4 Å². The summed E-state index contributed by atoms with van der Waals surface area (Å²) in [7, 11) is 0. The van der Waals surface area contributed by atoms with E-state index in [0.717, 1.165) is 16.9 Å². The first-order chi connectivity index (χ1) is 15.0. The minimum absolute atomic E-state index is 0.124. The summed E-state index contributed by atoms with van der Waals surface area (Å²) < 4.78 is 7.42. The molecule has 0 spiro atoms. The van der Waals surface area contributed by atoms with Crippen molar-refractivity contribution in [2.24, 2.45) is 0 Å². The first kappa shape index (κ1) is 21.5. The van der Waals surface area contributed by atoms with Gasteiger partial charge in [-0.2, -0.15) is 0 Å². The van der Waals surface area contributed by atoms with E-state index >= 15 is 0 Å². The van der Waals surface area contributed by atoms with Crippen molar-refractivity contribution in [3.05, 3.63) is 82.2 Å². The van der Waals surface area contributed by atoms with Crippen LogP contribution in [0.1, 0.15) is 11.3 Å². The van der Waals surface area contributed by atoms with E-state index in [1.54, 1.807) is 24.5 Å². The lowest BCUT2D eigenvalue weighted by molar-refractivity contribution is -0.113. The van der Waals surface area contributed by atoms with Crippen LogP contribution in [-0.2, 0) is 11.3 Å². The Bertz CT molecular complexity index is 1190. The Morgan fingerprint density at radius 1 is 1.06 bits per heavy atom. The van der Waals surface area contributed by atoms with Gasteiger partial charge in [0.05, 0.1) is 39.9 Å². The number of nitrogens with zero attached hydrogens (tertiary/aromatic N) is 3. The predicted octanol–water partition coefficient (Wildman–Crippen LogP) is 5.93. The van der Waals surface area contributed by atoms with Gasteiger partial charge in [-0.3, -0.25) is 9.36 Å². The summed E-state index contributed by atoms with van der Waals surface area (Å²) in [4.78, 5) is 12.5. The largest absolute Gasteiger partial charge is 0.469 e. The number of aryl methyl sites for hydroxylation is 1. The molecule has 9 heteroatoms. The minimum atomic E-state index is -0.240. The number of amides is 1. The van der Waals surface area contributed by atoms with Gasteiger partial charge < -0.3 is 9.73 Å². The highest BCUT2D eigenvalue weighted by Gasteiger charge is 2.19. The molecule has 1 N–H and O–H groups in total. The zero-order valence-electron chi connectivity index (χ0n) is 16.5. The summed E-state index contributed by atoms with van der Waals surface area (Å²) in [6, 6.07) is 16.9. The highest BCUT2D eigenvalue weighted by Crippen LogP contribution is 2.31. The minimum Gasteiger partial charge on any atom is -0.469 e. The quantitative estimate of drug-likeness (QED) is 0.337. The van der Waals surface area contributed by atoms with Gasteiger partial charge in [-0.15, -0.1) is 10.2 Å². The standard InChI is InChI=1S/C22H18Cl2N4O2S/c1-14-16(10-11-30-14)21-26-27-22(28(21)12-15-6-3-2-4-7-15)31-13-19(29)25-20-17(23)8-5-9-18(20)24/h2-11H,12-13H2,1H3,(H,25,29). The van der Waals surface area contributed by atoms with Gasteiger partial charge >= 0.3 is 0 Å². The first-order valence-electron chi connectivity index (χ1n) is 9.41. The molecule has 0 aliphatic rings. The molecule has 0 atom stereocenters. The van der Waals surface area contributed by atoms with E-state index in [1.807, 2.05) is 47.9 Å². The van der Waals surface area contributed by atoms with Crippen LogP contribution >= 0.6 is 35.0 Å². The summed E-state index contributed by atoms with van der Waals surface area (Å²) in [5, 5.41) is 12.8. The maximum absolute atomic E-state index is 12.5. The number of hydrogen-bond acceptors (Lipinski definition) is 5. The van der Waals surface area contributed by atoms with Crippen LogP contribution in [-0.4, -0.2) is 26.4 Å². The summed E-state index contributed by atoms with van der Waals surface area (Å²) in [6.45, 7) is 2.44. The van der Waals surface area contributed by atoms with Crippen molar-refractivity contribution >= 4 is 46.6 Å². The molecule has 4 rings (SSSR count). The summed E-state index contributed by atoms with van der Waals surface area (Å²) in [6.07, 6.45) is 1.62. The Kier molecular flexibility index (Phi) is 6.65. The monoisotopic (exact) mass is 472 g/mol. The zero-order chi connectivity index (χ0) is 21.8. The van der Waals surface area contributed by atoms with Crippen LogP contribution in [0, 0.1) is 6.92 Å². The van der Waals surface area contributed by atoms with Crippen molar-refractivity contribution in [1.29, 1.82) is 0 Å². The Hall–Kier alpha value is -2.74. The third-order valence-corrected chi connectivity index (χ3v) is 6.16. The number of carbonyl (C=O) groups excluding carboxylic acids is 1. The van der Waals surface area contributed by atoms with Gasteiger partial charge in [0.25, 0.3) is 0 Å². The fourth-order valence-corrected chi connectivity index (χ4v) is 4.27. The van der Waals surface area contributed by atoms with Crippen molar-refractivity contribution in [3.63, 3.8) is 0 Å². The molecule has 0 aliphatic heterocycles. The van der Waals surface area contributed by atoms with Crippen molar-refractivity contribution in [2.75, 3.05) is 11.1 Å². The molecular formula is C22H18Cl2N4O2S. The van der Waals surface area contributed by atoms with Crippen molar-refractivity contribution in [1.82, 2.24) is 14.8 Å². The van der Waals surface area contributed by atoms with Crippen molar-refractivity contribution < 1.29 is 9.21 Å². The second-order valence-corrected chi connectivity index (χ2v) is 8.46. The summed E-state index contributed by atoms with van der Waals surface area (Å²) in [5.41, 5.74) is 2.36. The summed E-state index contributed by atoms with van der Waals surface area (Å²) in [5.74, 6) is 1.32. The van der Waals surface area contributed by atoms with Gasteiger partial charge in [0.2, 0.25) is 5.91 Å². The molecule has 2 aromatic heterocycles. The third-order valence-electron chi connectivity index (χ3n) is 4.56. The zero-order valence-corrected chi connectivity index (χ0v) is 18.8. The highest BCUT2D eigenvalue weighted by atomic mass is 35.5. The lowest BCUT2D eigenvalue weighted by atomic mass is 10.2. The molecule has 2 heterocycles. The molecule has 0 fully saturated rings. The van der Waals surface area contributed by atoms with Gasteiger partial charge in [0, 0.05) is 0 Å². The van der Waals surface area contributed by atoms with Crippen molar-refractivity contribution in [3.8, 4) is 11.4 Å². The molecule has 1 amide bonds. The second-order valence-electron chi connectivity index (χ2n) is 6.70. The molecule has 0 saturated heterocycles. The molecule has 0 saturated carbocycles. The number of benzene rings is 2. The molecule has 6 nitrogen and oxygen atoms in total. The number of nitrogens with one attached hydrogen (secondary N) is 1. The van der Waals surface area contributed by atoms with Crippen LogP contribution in [0.5, 0.6) is 0 Å². The van der Waals surface area contributed by atoms with E-state index in [-0.39, 0.29) is 11.7 Å². The number of aromatic nitrogens is 3. The van der Waals surface area contributed by atoms with E-state index in [2.05, 4.69) is 15.5 Å². The van der Waals surface area contributed by atoms with Gasteiger partial charge in [0.1, 0.15) is 5.76 Å². The number of anilines is 1. The Morgan fingerprint density at radius 3 is 2.48 bits per heavy atom. The average molecular weight is 473 g/mol. The molecule has 4 aromatic rings. The molecule has 0 aliphatic carbocycles. The second kappa shape index (κ2) is 9.60. The molecule has 0 bridgehead atoms. The topological polar surface area (TPSA) is 72.9 Å². The van der Waals surface area contributed by atoms with E-state index in [0.29, 0.717) is 33.3 Å². The number of rotatable bonds is 7. The number of para-hydroxylation sites is 1. The molecule has 31 heavy (non-hydrogen) atoms. The molecular weight excluding hydrogens is 455 g/mol. The van der Waals surface area contributed by atoms with E-state index in [1.165, 1.54) is 11.8 Å². The number of hydrogen-bond donors (Lipinski definition) is 1. The predicted molar refractivity (Wildman–Crippen MR) is 124 cm³/mol. The molecule has 158 valence electrons. The lowest BCUT2D eigenvalue weighted by Gasteiger charge is -2.11. The highest BCUT2D eigenvalue weighted by molar-refractivity contribution is 7.99. The number of furan rings is 1. The van der Waals surface area contributed by atoms with Gasteiger partial charge in [-0.1, -0.05) is 71.4 Å². The van der Waals surface area contributed by atoms with Crippen LogP contribution in [0.25, 0.3) is 11.4 Å². The van der Waals surface area contributed by atoms with E-state index < -0.39 is 0 Å². The Labute approximate surface area is 193 Å². The first-order valence-corrected chi connectivity index (χ1v) is 11.2. The lowest BCUT2D eigenvalue weighted by Crippen LogP contribution is -2.15. The average Bonchev–Trinajstić information content (AvgIpc) is 3.35. The van der Waals surface area contributed by atoms with Gasteiger partial charge in [0.15, 0.2) is 11.0 Å². The van der Waals surface area contributed by atoms with Gasteiger partial charge in [-0.25, -0.2) is 0 Å². The summed E-state index contributed by atoms with van der Waals surface area (Å²) >= 11 is 13.6. The Balaban J connectivity index is 1.56. The van der Waals surface area contributed by atoms with Crippen LogP contribution in [0.3, 0.4) is 0 Å². The number of thioether (sulfide) groups is 1. The number of halogens is 2. The van der Waals surface area contributed by atoms with Crippen LogP contribution < -0.4 is 5.32 Å². The van der Waals surface area contributed by atoms with E-state index in [9.17, 15) is 4.79 Å². The molecule has 0 unspecified atom stereocenters. The van der Waals surface area contributed by atoms with E-state index in [4.69, 9.17) is 27.6 Å². The normalized spacial score (nSPS) is 10.9. The molecule has 0 radical (unpaired) electrons.